The van der Waals surface area contributed by atoms with E-state index in [-0.39, 0.29) is 5.69 Å². The Morgan fingerprint density at radius 1 is 1.18 bits per heavy atom. The highest BCUT2D eigenvalue weighted by Gasteiger charge is 2.19. The smallest absolute Gasteiger partial charge is 0.356 e. The molecule has 7 nitrogen and oxygen atoms in total. The van der Waals surface area contributed by atoms with Gasteiger partial charge in [0.05, 0.1) is 25.6 Å². The zero-order valence-corrected chi connectivity index (χ0v) is 13.2. The van der Waals surface area contributed by atoms with Crippen LogP contribution in [0.3, 0.4) is 0 Å². The van der Waals surface area contributed by atoms with Crippen LogP contribution in [0, 0.1) is 0 Å². The number of hydrogen-bond acceptors (Lipinski definition) is 5. The number of nitrogens with zero attached hydrogens (tertiary/aromatic N) is 3. The summed E-state index contributed by atoms with van der Waals surface area (Å²) in [7, 11) is 8.66. The summed E-state index contributed by atoms with van der Waals surface area (Å²) >= 11 is 0. The average Bonchev–Trinajstić information content (AvgIpc) is 2.87. The fraction of sp³-hybridized carbons (Fsp3) is 0.333. The topological polar surface area (TPSA) is 76.8 Å². The van der Waals surface area contributed by atoms with Gasteiger partial charge in [-0.05, 0) is 12.1 Å². The lowest BCUT2D eigenvalue weighted by Gasteiger charge is -2.19. The molecule has 0 saturated carbocycles. The molecule has 0 aliphatic rings. The predicted octanol–water partition coefficient (Wildman–Crippen LogP) is 1.87. The number of anilines is 1. The molecule has 0 aliphatic carbocycles. The highest BCUT2D eigenvalue weighted by Crippen LogP contribution is 2.39. The molecule has 1 heterocycles. The van der Waals surface area contributed by atoms with Crippen LogP contribution in [0.4, 0.5) is 5.69 Å². The van der Waals surface area contributed by atoms with Crippen molar-refractivity contribution in [2.45, 2.75) is 0 Å². The number of methoxy groups -OCH3 is 2. The lowest BCUT2D eigenvalue weighted by molar-refractivity contribution is 0.0689. The maximum absolute atomic E-state index is 11.1. The molecule has 0 atom stereocenters. The van der Waals surface area contributed by atoms with Crippen molar-refractivity contribution in [2.24, 2.45) is 7.05 Å². The number of aromatic nitrogens is 2. The zero-order chi connectivity index (χ0) is 16.4. The van der Waals surface area contributed by atoms with E-state index in [0.717, 1.165) is 5.69 Å². The number of rotatable bonds is 5. The summed E-state index contributed by atoms with van der Waals surface area (Å²) in [6.07, 6.45) is 0. The summed E-state index contributed by atoms with van der Waals surface area (Å²) in [5.41, 5.74) is 2.20. The molecule has 0 spiro atoms. The van der Waals surface area contributed by atoms with Crippen LogP contribution in [0.5, 0.6) is 11.5 Å². The summed E-state index contributed by atoms with van der Waals surface area (Å²) in [5, 5.41) is 13.1. The van der Waals surface area contributed by atoms with Crippen LogP contribution in [0.2, 0.25) is 0 Å². The SMILES string of the molecule is COc1cc(N(C)C)c(OC)cc1-c1cc(C(=O)O)nn1C. The van der Waals surface area contributed by atoms with Crippen LogP contribution in [-0.2, 0) is 7.05 Å². The number of hydrogen-bond donors (Lipinski definition) is 1. The normalized spacial score (nSPS) is 10.4. The van der Waals surface area contributed by atoms with E-state index in [1.807, 2.05) is 31.1 Å². The Labute approximate surface area is 128 Å². The number of carboxylic acids is 1. The molecule has 0 unspecified atom stereocenters. The van der Waals surface area contributed by atoms with Crippen molar-refractivity contribution in [1.82, 2.24) is 9.78 Å². The summed E-state index contributed by atoms with van der Waals surface area (Å²) in [4.78, 5) is 13.0. The Morgan fingerprint density at radius 2 is 1.82 bits per heavy atom. The van der Waals surface area contributed by atoms with E-state index in [0.29, 0.717) is 22.8 Å². The second-order valence-electron chi connectivity index (χ2n) is 4.96. The van der Waals surface area contributed by atoms with Crippen LogP contribution in [0.1, 0.15) is 10.5 Å². The minimum atomic E-state index is -1.07. The maximum Gasteiger partial charge on any atom is 0.356 e. The lowest BCUT2D eigenvalue weighted by Crippen LogP contribution is -2.10. The van der Waals surface area contributed by atoms with E-state index >= 15 is 0 Å². The number of ether oxygens (including phenoxy) is 2. The van der Waals surface area contributed by atoms with E-state index in [1.165, 1.54) is 10.7 Å². The van der Waals surface area contributed by atoms with Crippen molar-refractivity contribution in [3.63, 3.8) is 0 Å². The summed E-state index contributed by atoms with van der Waals surface area (Å²) in [6, 6.07) is 5.17. The van der Waals surface area contributed by atoms with Crippen molar-refractivity contribution in [3.8, 4) is 22.8 Å². The minimum Gasteiger partial charge on any atom is -0.496 e. The number of benzene rings is 1. The molecular weight excluding hydrogens is 286 g/mol. The first-order valence-corrected chi connectivity index (χ1v) is 6.60. The molecule has 0 radical (unpaired) electrons. The van der Waals surface area contributed by atoms with Gasteiger partial charge in [-0.2, -0.15) is 5.10 Å². The number of carbonyl (C=O) groups is 1. The van der Waals surface area contributed by atoms with Gasteiger partial charge in [0.15, 0.2) is 5.69 Å². The van der Waals surface area contributed by atoms with Gasteiger partial charge < -0.3 is 19.5 Å². The molecule has 1 aromatic heterocycles. The van der Waals surface area contributed by atoms with Crippen molar-refractivity contribution in [3.05, 3.63) is 23.9 Å². The van der Waals surface area contributed by atoms with Gasteiger partial charge in [0.2, 0.25) is 0 Å². The fourth-order valence-electron chi connectivity index (χ4n) is 2.26. The van der Waals surface area contributed by atoms with Crippen molar-refractivity contribution < 1.29 is 19.4 Å². The largest absolute Gasteiger partial charge is 0.496 e. The van der Waals surface area contributed by atoms with Gasteiger partial charge >= 0.3 is 5.97 Å². The summed E-state index contributed by atoms with van der Waals surface area (Å²) < 4.78 is 12.4. The number of carboxylic acid groups (broad SMARTS) is 1. The number of aromatic carboxylic acids is 1. The van der Waals surface area contributed by atoms with Crippen LogP contribution in [0.25, 0.3) is 11.3 Å². The Bertz CT molecular complexity index is 707. The lowest BCUT2D eigenvalue weighted by atomic mass is 10.1. The molecule has 0 bridgehead atoms. The van der Waals surface area contributed by atoms with E-state index in [2.05, 4.69) is 5.10 Å². The third-order valence-electron chi connectivity index (χ3n) is 3.36. The third-order valence-corrected chi connectivity index (χ3v) is 3.36. The fourth-order valence-corrected chi connectivity index (χ4v) is 2.26. The van der Waals surface area contributed by atoms with Crippen LogP contribution in [-0.4, -0.2) is 49.2 Å². The predicted molar refractivity (Wildman–Crippen MR) is 83.0 cm³/mol. The molecule has 0 saturated heterocycles. The molecule has 2 aromatic rings. The monoisotopic (exact) mass is 305 g/mol. The van der Waals surface area contributed by atoms with E-state index in [4.69, 9.17) is 14.6 Å². The molecule has 7 heteroatoms. The molecule has 1 aromatic carbocycles. The van der Waals surface area contributed by atoms with Crippen molar-refractivity contribution >= 4 is 11.7 Å². The van der Waals surface area contributed by atoms with E-state index in [1.54, 1.807) is 21.3 Å². The second-order valence-corrected chi connectivity index (χ2v) is 4.96. The second kappa shape index (κ2) is 5.97. The third kappa shape index (κ3) is 2.69. The Kier molecular flexibility index (Phi) is 4.25. The zero-order valence-electron chi connectivity index (χ0n) is 13.2. The van der Waals surface area contributed by atoms with Crippen LogP contribution in [0.15, 0.2) is 18.2 Å². The van der Waals surface area contributed by atoms with Gasteiger partial charge in [0, 0.05) is 32.8 Å². The van der Waals surface area contributed by atoms with Crippen LogP contribution >= 0.6 is 0 Å². The molecule has 22 heavy (non-hydrogen) atoms. The molecule has 2 rings (SSSR count). The van der Waals surface area contributed by atoms with Gasteiger partial charge in [-0.3, -0.25) is 4.68 Å². The van der Waals surface area contributed by atoms with Crippen LogP contribution < -0.4 is 14.4 Å². The Balaban J connectivity index is 2.66. The minimum absolute atomic E-state index is 0.0183. The summed E-state index contributed by atoms with van der Waals surface area (Å²) in [6.45, 7) is 0. The molecular formula is C15H19N3O4. The average molecular weight is 305 g/mol. The molecule has 1 N–H and O–H groups in total. The van der Waals surface area contributed by atoms with Gasteiger partial charge in [-0.25, -0.2) is 4.79 Å². The molecule has 0 aliphatic heterocycles. The quantitative estimate of drug-likeness (QED) is 0.908. The molecule has 0 fully saturated rings. The first-order valence-electron chi connectivity index (χ1n) is 6.60. The number of aryl methyl sites for hydroxylation is 1. The molecule has 0 amide bonds. The maximum atomic E-state index is 11.1. The van der Waals surface area contributed by atoms with E-state index in [9.17, 15) is 4.79 Å². The van der Waals surface area contributed by atoms with Gasteiger partial charge in [0.25, 0.3) is 0 Å². The van der Waals surface area contributed by atoms with Gasteiger partial charge in [-0.1, -0.05) is 0 Å². The standard InChI is InChI=1S/C15H19N3O4/c1-17(2)12-8-13(21-4)9(6-14(12)22-5)11-7-10(15(19)20)16-18(11)3/h6-8H,1-5H3,(H,19,20). The highest BCUT2D eigenvalue weighted by molar-refractivity contribution is 5.88. The van der Waals surface area contributed by atoms with Gasteiger partial charge in [0.1, 0.15) is 11.5 Å². The van der Waals surface area contributed by atoms with Crippen molar-refractivity contribution in [1.29, 1.82) is 0 Å². The van der Waals surface area contributed by atoms with Gasteiger partial charge in [-0.15, -0.1) is 0 Å². The molecule has 118 valence electrons. The van der Waals surface area contributed by atoms with Crippen molar-refractivity contribution in [2.75, 3.05) is 33.2 Å². The Hall–Kier alpha value is -2.70. The Morgan fingerprint density at radius 3 is 2.27 bits per heavy atom. The highest BCUT2D eigenvalue weighted by atomic mass is 16.5. The first-order chi connectivity index (χ1) is 10.4. The van der Waals surface area contributed by atoms with E-state index < -0.39 is 5.97 Å². The first kappa shape index (κ1) is 15.7. The summed E-state index contributed by atoms with van der Waals surface area (Å²) in [5.74, 6) is 0.209.